The number of carboxylic acids is 1. The number of hydrogen-bond acceptors (Lipinski definition) is 4. The molecule has 1 aliphatic carbocycles. The molecule has 1 aromatic carbocycles. The number of aromatic nitrogens is 3. The van der Waals surface area contributed by atoms with E-state index < -0.39 is 17.2 Å². The SMILES string of the molecule is O=C(O)c1cc(C2CC2)nc2c1c(=O)[nH]c(=O)n2Cc1ccccc1. The molecule has 1 saturated carbocycles. The summed E-state index contributed by atoms with van der Waals surface area (Å²) in [6, 6.07) is 10.7. The van der Waals surface area contributed by atoms with Crippen molar-refractivity contribution in [3.63, 3.8) is 0 Å². The van der Waals surface area contributed by atoms with E-state index in [1.807, 2.05) is 30.3 Å². The van der Waals surface area contributed by atoms with Gasteiger partial charge in [0.15, 0.2) is 5.65 Å². The standard InChI is InChI=1S/C18H15N3O4/c22-16-14-12(17(23)24)8-13(11-6-7-11)19-15(14)21(18(25)20-16)9-10-4-2-1-3-5-10/h1-5,8,11H,6-7,9H2,(H,23,24)(H,20,22,25). The zero-order chi connectivity index (χ0) is 17.6. The predicted octanol–water partition coefficient (Wildman–Crippen LogP) is 1.71. The summed E-state index contributed by atoms with van der Waals surface area (Å²) in [6.45, 7) is 0.202. The molecule has 3 aromatic rings. The molecule has 1 fully saturated rings. The van der Waals surface area contributed by atoms with Gasteiger partial charge in [-0.05, 0) is 24.5 Å². The molecule has 1 aliphatic rings. The Hall–Kier alpha value is -3.22. The Kier molecular flexibility index (Phi) is 3.49. The first-order valence-corrected chi connectivity index (χ1v) is 7.99. The van der Waals surface area contributed by atoms with Crippen molar-refractivity contribution >= 4 is 17.0 Å². The lowest BCUT2D eigenvalue weighted by molar-refractivity contribution is 0.0698. The highest BCUT2D eigenvalue weighted by molar-refractivity contribution is 6.01. The molecular weight excluding hydrogens is 322 g/mol. The number of aromatic amines is 1. The maximum atomic E-state index is 12.4. The third kappa shape index (κ3) is 2.73. The summed E-state index contributed by atoms with van der Waals surface area (Å²) in [4.78, 5) is 42.9. The second-order valence-corrected chi connectivity index (χ2v) is 6.20. The number of nitrogens with zero attached hydrogens (tertiary/aromatic N) is 2. The van der Waals surface area contributed by atoms with Crippen LogP contribution >= 0.6 is 0 Å². The first-order valence-electron chi connectivity index (χ1n) is 7.99. The average Bonchev–Trinajstić information content (AvgIpc) is 3.43. The van der Waals surface area contributed by atoms with Crippen molar-refractivity contribution < 1.29 is 9.90 Å². The van der Waals surface area contributed by atoms with Crippen LogP contribution < -0.4 is 11.2 Å². The van der Waals surface area contributed by atoms with Crippen LogP contribution in [0.2, 0.25) is 0 Å². The Morgan fingerprint density at radius 3 is 2.60 bits per heavy atom. The van der Waals surface area contributed by atoms with Crippen LogP contribution in [0.15, 0.2) is 46.0 Å². The average molecular weight is 337 g/mol. The number of pyridine rings is 1. The molecule has 0 unspecified atom stereocenters. The van der Waals surface area contributed by atoms with Crippen LogP contribution in [0.5, 0.6) is 0 Å². The molecule has 7 nitrogen and oxygen atoms in total. The van der Waals surface area contributed by atoms with Gasteiger partial charge in [0.25, 0.3) is 5.56 Å². The summed E-state index contributed by atoms with van der Waals surface area (Å²) in [5.74, 6) is -1.01. The van der Waals surface area contributed by atoms with E-state index in [4.69, 9.17) is 0 Å². The van der Waals surface area contributed by atoms with Crippen molar-refractivity contribution in [2.75, 3.05) is 0 Å². The Morgan fingerprint density at radius 1 is 1.24 bits per heavy atom. The van der Waals surface area contributed by atoms with Gasteiger partial charge in [0.2, 0.25) is 0 Å². The van der Waals surface area contributed by atoms with Crippen molar-refractivity contribution in [1.82, 2.24) is 14.5 Å². The molecule has 0 bridgehead atoms. The molecular formula is C18H15N3O4. The largest absolute Gasteiger partial charge is 0.478 e. The van der Waals surface area contributed by atoms with Crippen LogP contribution in [0, 0.1) is 0 Å². The Morgan fingerprint density at radius 2 is 1.96 bits per heavy atom. The zero-order valence-corrected chi connectivity index (χ0v) is 13.2. The molecule has 2 aromatic heterocycles. The topological polar surface area (TPSA) is 105 Å². The number of benzene rings is 1. The van der Waals surface area contributed by atoms with Crippen molar-refractivity contribution in [3.8, 4) is 0 Å². The highest BCUT2D eigenvalue weighted by Crippen LogP contribution is 2.39. The van der Waals surface area contributed by atoms with Gasteiger partial charge in [-0.2, -0.15) is 0 Å². The molecule has 0 saturated heterocycles. The summed E-state index contributed by atoms with van der Waals surface area (Å²) >= 11 is 0. The molecule has 0 aliphatic heterocycles. The molecule has 0 amide bonds. The first kappa shape index (κ1) is 15.3. The van der Waals surface area contributed by atoms with Crippen LogP contribution in [-0.2, 0) is 6.54 Å². The fourth-order valence-electron chi connectivity index (χ4n) is 2.96. The Balaban J connectivity index is 2.03. The number of fused-ring (bicyclic) bond motifs is 1. The molecule has 7 heteroatoms. The lowest BCUT2D eigenvalue weighted by atomic mass is 10.1. The second-order valence-electron chi connectivity index (χ2n) is 6.20. The van der Waals surface area contributed by atoms with E-state index in [9.17, 15) is 19.5 Å². The number of aromatic carboxylic acids is 1. The van der Waals surface area contributed by atoms with E-state index in [-0.39, 0.29) is 29.1 Å². The lowest BCUT2D eigenvalue weighted by Gasteiger charge is -2.12. The summed E-state index contributed by atoms with van der Waals surface area (Å²) in [6.07, 6.45) is 1.87. The summed E-state index contributed by atoms with van der Waals surface area (Å²) < 4.78 is 1.32. The number of rotatable bonds is 4. The third-order valence-corrected chi connectivity index (χ3v) is 4.38. The fraction of sp³-hybridized carbons (Fsp3) is 0.222. The van der Waals surface area contributed by atoms with Crippen LogP contribution in [0.1, 0.15) is 40.4 Å². The van der Waals surface area contributed by atoms with Crippen LogP contribution in [0.3, 0.4) is 0 Å². The minimum atomic E-state index is -1.20. The molecule has 126 valence electrons. The van der Waals surface area contributed by atoms with Gasteiger partial charge in [-0.1, -0.05) is 30.3 Å². The van der Waals surface area contributed by atoms with Gasteiger partial charge in [0, 0.05) is 11.6 Å². The van der Waals surface area contributed by atoms with Crippen LogP contribution in [0.4, 0.5) is 0 Å². The summed E-state index contributed by atoms with van der Waals surface area (Å²) in [5.41, 5.74) is 0.161. The van der Waals surface area contributed by atoms with Gasteiger partial charge in [-0.15, -0.1) is 0 Å². The maximum Gasteiger partial charge on any atom is 0.336 e. The number of nitrogens with one attached hydrogen (secondary N) is 1. The van der Waals surface area contributed by atoms with E-state index in [0.717, 1.165) is 18.4 Å². The molecule has 0 radical (unpaired) electrons. The van der Waals surface area contributed by atoms with E-state index in [0.29, 0.717) is 5.69 Å². The molecule has 4 rings (SSSR count). The molecule has 25 heavy (non-hydrogen) atoms. The van der Waals surface area contributed by atoms with Crippen LogP contribution in [-0.4, -0.2) is 25.6 Å². The first-order chi connectivity index (χ1) is 12.0. The fourth-order valence-corrected chi connectivity index (χ4v) is 2.96. The minimum Gasteiger partial charge on any atom is -0.478 e. The Bertz CT molecular complexity index is 1090. The van der Waals surface area contributed by atoms with Crippen molar-refractivity contribution in [3.05, 3.63) is 74.1 Å². The number of carbonyl (C=O) groups is 1. The molecule has 0 spiro atoms. The highest BCUT2D eigenvalue weighted by atomic mass is 16.4. The summed E-state index contributed by atoms with van der Waals surface area (Å²) in [5, 5.41) is 9.45. The molecule has 2 heterocycles. The number of H-pyrrole nitrogens is 1. The summed E-state index contributed by atoms with van der Waals surface area (Å²) in [7, 11) is 0. The predicted molar refractivity (Wildman–Crippen MR) is 91.1 cm³/mol. The number of carboxylic acid groups (broad SMARTS) is 1. The van der Waals surface area contributed by atoms with E-state index in [2.05, 4.69) is 9.97 Å². The smallest absolute Gasteiger partial charge is 0.336 e. The third-order valence-electron chi connectivity index (χ3n) is 4.38. The lowest BCUT2D eigenvalue weighted by Crippen LogP contribution is -2.32. The van der Waals surface area contributed by atoms with Gasteiger partial charge in [0.05, 0.1) is 17.5 Å². The van der Waals surface area contributed by atoms with E-state index in [1.165, 1.54) is 10.6 Å². The van der Waals surface area contributed by atoms with E-state index >= 15 is 0 Å². The Labute approximate surface area is 141 Å². The maximum absolute atomic E-state index is 12.4. The normalized spacial score (nSPS) is 13.9. The quantitative estimate of drug-likeness (QED) is 0.754. The molecule has 0 atom stereocenters. The van der Waals surface area contributed by atoms with Crippen LogP contribution in [0.25, 0.3) is 11.0 Å². The van der Waals surface area contributed by atoms with Gasteiger partial charge in [-0.25, -0.2) is 14.6 Å². The minimum absolute atomic E-state index is 0.0626. The second kappa shape index (κ2) is 5.70. The number of hydrogen-bond donors (Lipinski definition) is 2. The van der Waals surface area contributed by atoms with Gasteiger partial charge >= 0.3 is 11.7 Å². The zero-order valence-electron chi connectivity index (χ0n) is 13.2. The monoisotopic (exact) mass is 337 g/mol. The van der Waals surface area contributed by atoms with Crippen molar-refractivity contribution in [1.29, 1.82) is 0 Å². The van der Waals surface area contributed by atoms with Gasteiger partial charge in [-0.3, -0.25) is 14.3 Å². The van der Waals surface area contributed by atoms with Crippen molar-refractivity contribution in [2.24, 2.45) is 0 Å². The highest BCUT2D eigenvalue weighted by Gasteiger charge is 2.28. The van der Waals surface area contributed by atoms with Gasteiger partial charge < -0.3 is 5.11 Å². The van der Waals surface area contributed by atoms with Crippen molar-refractivity contribution in [2.45, 2.75) is 25.3 Å². The van der Waals surface area contributed by atoms with Gasteiger partial charge in [0.1, 0.15) is 0 Å². The van der Waals surface area contributed by atoms with E-state index in [1.54, 1.807) is 0 Å². The molecule has 2 N–H and O–H groups in total.